The number of anilines is 1. The highest BCUT2D eigenvalue weighted by molar-refractivity contribution is 6.30. The molecule has 0 aromatic heterocycles. The maximum atomic E-state index is 12.1. The first kappa shape index (κ1) is 16.9. The third kappa shape index (κ3) is 4.27. The zero-order valence-electron chi connectivity index (χ0n) is 13.0. The van der Waals surface area contributed by atoms with Gasteiger partial charge in [0.1, 0.15) is 5.75 Å². The fraction of sp³-hybridized carbons (Fsp3) is 0.562. The van der Waals surface area contributed by atoms with E-state index in [1.54, 1.807) is 25.3 Å². The maximum absolute atomic E-state index is 12.1. The minimum atomic E-state index is -0.190. The molecule has 0 radical (unpaired) electrons. The number of carbonyl (C=O) groups is 1. The van der Waals surface area contributed by atoms with Crippen LogP contribution in [-0.2, 0) is 4.79 Å². The van der Waals surface area contributed by atoms with Gasteiger partial charge in [0.15, 0.2) is 0 Å². The van der Waals surface area contributed by atoms with E-state index in [0.29, 0.717) is 30.3 Å². The molecule has 1 aliphatic rings. The summed E-state index contributed by atoms with van der Waals surface area (Å²) >= 11 is 5.98. The van der Waals surface area contributed by atoms with Crippen molar-refractivity contribution in [1.82, 2.24) is 5.32 Å². The summed E-state index contributed by atoms with van der Waals surface area (Å²) < 4.78 is 5.26. The molecule has 6 heteroatoms. The number of amides is 1. The number of carbonyl (C=O) groups excluding carboxylic acids is 1. The van der Waals surface area contributed by atoms with Gasteiger partial charge in [-0.1, -0.05) is 24.4 Å². The highest BCUT2D eigenvalue weighted by Gasteiger charge is 2.33. The van der Waals surface area contributed by atoms with Crippen molar-refractivity contribution in [2.24, 2.45) is 5.73 Å². The van der Waals surface area contributed by atoms with E-state index in [0.717, 1.165) is 31.4 Å². The van der Waals surface area contributed by atoms with Gasteiger partial charge in [-0.15, -0.1) is 0 Å². The highest BCUT2D eigenvalue weighted by Crippen LogP contribution is 2.29. The van der Waals surface area contributed by atoms with Crippen molar-refractivity contribution in [3.05, 3.63) is 23.2 Å². The van der Waals surface area contributed by atoms with E-state index in [1.165, 1.54) is 0 Å². The molecule has 1 aromatic rings. The fourth-order valence-corrected chi connectivity index (χ4v) is 3.09. The van der Waals surface area contributed by atoms with E-state index in [4.69, 9.17) is 22.1 Å². The Morgan fingerprint density at radius 3 is 2.77 bits per heavy atom. The van der Waals surface area contributed by atoms with Gasteiger partial charge in [-0.25, -0.2) is 0 Å². The summed E-state index contributed by atoms with van der Waals surface area (Å²) in [5, 5.41) is 6.92. The van der Waals surface area contributed by atoms with E-state index in [2.05, 4.69) is 10.6 Å². The van der Waals surface area contributed by atoms with Crippen LogP contribution in [0.5, 0.6) is 5.75 Å². The van der Waals surface area contributed by atoms with Crippen LogP contribution in [0.25, 0.3) is 0 Å². The number of benzene rings is 1. The second-order valence-corrected chi connectivity index (χ2v) is 6.20. The lowest BCUT2D eigenvalue weighted by molar-refractivity contribution is -0.122. The Bertz CT molecular complexity index is 516. The Morgan fingerprint density at radius 1 is 1.41 bits per heavy atom. The first-order valence-electron chi connectivity index (χ1n) is 7.67. The smallest absolute Gasteiger partial charge is 0.222 e. The summed E-state index contributed by atoms with van der Waals surface area (Å²) in [6.45, 7) is 1.03. The zero-order chi connectivity index (χ0) is 16.0. The Balaban J connectivity index is 1.83. The first-order chi connectivity index (χ1) is 10.6. The summed E-state index contributed by atoms with van der Waals surface area (Å²) in [6, 6.07) is 5.35. The van der Waals surface area contributed by atoms with Crippen molar-refractivity contribution < 1.29 is 9.53 Å². The molecule has 2 rings (SSSR count). The first-order valence-corrected chi connectivity index (χ1v) is 8.05. The summed E-state index contributed by atoms with van der Waals surface area (Å²) in [4.78, 5) is 12.1. The van der Waals surface area contributed by atoms with Crippen LogP contribution < -0.4 is 21.1 Å². The van der Waals surface area contributed by atoms with Crippen molar-refractivity contribution in [3.63, 3.8) is 0 Å². The van der Waals surface area contributed by atoms with Gasteiger partial charge >= 0.3 is 0 Å². The fourth-order valence-electron chi connectivity index (χ4n) is 2.92. The van der Waals surface area contributed by atoms with Crippen LogP contribution in [0.4, 0.5) is 5.69 Å². The number of methoxy groups -OCH3 is 1. The predicted molar refractivity (Wildman–Crippen MR) is 89.5 cm³/mol. The van der Waals surface area contributed by atoms with Crippen LogP contribution in [0.3, 0.4) is 0 Å². The Morgan fingerprint density at radius 2 is 2.14 bits per heavy atom. The molecule has 22 heavy (non-hydrogen) atoms. The van der Waals surface area contributed by atoms with Crippen molar-refractivity contribution in [1.29, 1.82) is 0 Å². The van der Waals surface area contributed by atoms with Gasteiger partial charge in [0, 0.05) is 24.5 Å². The minimum Gasteiger partial charge on any atom is -0.495 e. The summed E-state index contributed by atoms with van der Waals surface area (Å²) in [5.41, 5.74) is 6.43. The Hall–Kier alpha value is -1.46. The molecule has 0 heterocycles. The third-order valence-electron chi connectivity index (χ3n) is 4.19. The van der Waals surface area contributed by atoms with Crippen molar-refractivity contribution in [2.75, 3.05) is 25.5 Å². The number of rotatable bonds is 7. The van der Waals surface area contributed by atoms with Crippen LogP contribution in [0, 0.1) is 0 Å². The van der Waals surface area contributed by atoms with Crippen molar-refractivity contribution in [2.45, 2.75) is 37.6 Å². The van der Waals surface area contributed by atoms with Crippen LogP contribution in [0.15, 0.2) is 18.2 Å². The number of hydrogen-bond donors (Lipinski definition) is 3. The lowest BCUT2D eigenvalue weighted by Gasteiger charge is -2.28. The Labute approximate surface area is 136 Å². The van der Waals surface area contributed by atoms with Gasteiger partial charge in [-0.3, -0.25) is 4.79 Å². The molecular formula is C16H24ClN3O2. The number of hydrogen-bond acceptors (Lipinski definition) is 4. The molecule has 0 aliphatic heterocycles. The standard InChI is InChI=1S/C16H24ClN3O2/c1-22-14-5-4-12(17)10-13(14)19-9-6-15(21)20-16(11-18)7-2-3-8-16/h4-5,10,19H,2-3,6-9,11,18H2,1H3,(H,20,21). The molecule has 0 spiro atoms. The number of ether oxygens (including phenoxy) is 1. The van der Waals surface area contributed by atoms with Crippen molar-refractivity contribution >= 4 is 23.2 Å². The quantitative estimate of drug-likeness (QED) is 0.720. The van der Waals surface area contributed by atoms with E-state index < -0.39 is 0 Å². The van der Waals surface area contributed by atoms with Crippen LogP contribution in [-0.4, -0.2) is 31.6 Å². The molecule has 1 amide bonds. The Kier molecular flexibility index (Phi) is 5.91. The molecule has 1 saturated carbocycles. The highest BCUT2D eigenvalue weighted by atomic mass is 35.5. The largest absolute Gasteiger partial charge is 0.495 e. The van der Waals surface area contributed by atoms with Crippen molar-refractivity contribution in [3.8, 4) is 5.75 Å². The molecule has 0 saturated heterocycles. The molecule has 1 aromatic carbocycles. The predicted octanol–water partition coefficient (Wildman–Crippen LogP) is 2.54. The van der Waals surface area contributed by atoms with Gasteiger partial charge < -0.3 is 21.1 Å². The molecule has 122 valence electrons. The lowest BCUT2D eigenvalue weighted by Crippen LogP contribution is -2.51. The van der Waals surface area contributed by atoms with E-state index in [9.17, 15) is 4.79 Å². The monoisotopic (exact) mass is 325 g/mol. The van der Waals surface area contributed by atoms with Gasteiger partial charge in [0.05, 0.1) is 18.3 Å². The van der Waals surface area contributed by atoms with Crippen LogP contribution in [0.1, 0.15) is 32.1 Å². The summed E-state index contributed by atoms with van der Waals surface area (Å²) in [6.07, 6.45) is 4.61. The van der Waals surface area contributed by atoms with Gasteiger partial charge in [0.2, 0.25) is 5.91 Å². The lowest BCUT2D eigenvalue weighted by atomic mass is 9.97. The molecule has 1 aliphatic carbocycles. The second-order valence-electron chi connectivity index (χ2n) is 5.76. The number of nitrogens with one attached hydrogen (secondary N) is 2. The normalized spacial score (nSPS) is 16.3. The summed E-state index contributed by atoms with van der Waals surface area (Å²) in [7, 11) is 1.60. The third-order valence-corrected chi connectivity index (χ3v) is 4.42. The molecule has 0 atom stereocenters. The van der Waals surface area contributed by atoms with E-state index >= 15 is 0 Å². The van der Waals surface area contributed by atoms with Gasteiger partial charge in [0.25, 0.3) is 0 Å². The topological polar surface area (TPSA) is 76.4 Å². The van der Waals surface area contributed by atoms with Gasteiger partial charge in [-0.2, -0.15) is 0 Å². The molecule has 0 bridgehead atoms. The van der Waals surface area contributed by atoms with Crippen LogP contribution >= 0.6 is 11.6 Å². The number of nitrogens with two attached hydrogens (primary N) is 1. The minimum absolute atomic E-state index is 0.0286. The van der Waals surface area contributed by atoms with E-state index in [-0.39, 0.29) is 11.4 Å². The molecule has 0 unspecified atom stereocenters. The average Bonchev–Trinajstić information content (AvgIpc) is 2.96. The van der Waals surface area contributed by atoms with Crippen LogP contribution in [0.2, 0.25) is 5.02 Å². The average molecular weight is 326 g/mol. The zero-order valence-corrected chi connectivity index (χ0v) is 13.7. The molecule has 4 N–H and O–H groups in total. The summed E-state index contributed by atoms with van der Waals surface area (Å²) in [5.74, 6) is 0.736. The second kappa shape index (κ2) is 7.70. The molecular weight excluding hydrogens is 302 g/mol. The number of halogens is 1. The molecule has 5 nitrogen and oxygen atoms in total. The van der Waals surface area contributed by atoms with E-state index in [1.807, 2.05) is 0 Å². The SMILES string of the molecule is COc1ccc(Cl)cc1NCCC(=O)NC1(CN)CCCC1. The van der Waals surface area contributed by atoms with Gasteiger partial charge in [-0.05, 0) is 31.0 Å². The molecule has 1 fully saturated rings. The maximum Gasteiger partial charge on any atom is 0.222 e.